The quantitative estimate of drug-likeness (QED) is 0.484. The first-order valence-electron chi connectivity index (χ1n) is 8.87. The van der Waals surface area contributed by atoms with E-state index in [2.05, 4.69) is 16.9 Å². The third-order valence-electron chi connectivity index (χ3n) is 4.17. The molecule has 1 heterocycles. The van der Waals surface area contributed by atoms with Gasteiger partial charge in [-0.15, -0.1) is 11.6 Å². The molecule has 0 saturated heterocycles. The van der Waals surface area contributed by atoms with Gasteiger partial charge in [-0.25, -0.2) is 9.97 Å². The fourth-order valence-electron chi connectivity index (χ4n) is 2.65. The fourth-order valence-corrected chi connectivity index (χ4v) is 2.83. The summed E-state index contributed by atoms with van der Waals surface area (Å²) in [5.41, 5.74) is 2.97. The number of nitrogens with zero attached hydrogens (tertiary/aromatic N) is 2. The molecule has 1 aromatic carbocycles. The molecule has 0 unspecified atom stereocenters. The van der Waals surface area contributed by atoms with Crippen molar-refractivity contribution in [3.63, 3.8) is 0 Å². The van der Waals surface area contributed by atoms with Crippen LogP contribution in [0.3, 0.4) is 0 Å². The third kappa shape index (κ3) is 6.46. The molecule has 1 N–H and O–H groups in total. The van der Waals surface area contributed by atoms with Gasteiger partial charge in [0, 0.05) is 18.0 Å². The van der Waals surface area contributed by atoms with Crippen LogP contribution in [0.4, 0.5) is 0 Å². The number of carboxylic acids is 1. The van der Waals surface area contributed by atoms with Gasteiger partial charge < -0.3 is 5.11 Å². The topological polar surface area (TPSA) is 63.1 Å². The molecular formula is C20H25ClN2O2. The number of aliphatic carboxylic acids is 1. The lowest BCUT2D eigenvalue weighted by molar-refractivity contribution is -0.136. The number of rotatable bonds is 10. The van der Waals surface area contributed by atoms with E-state index in [4.69, 9.17) is 16.7 Å². The van der Waals surface area contributed by atoms with Crippen LogP contribution in [-0.4, -0.2) is 26.4 Å². The largest absolute Gasteiger partial charge is 0.480 e. The Morgan fingerprint density at radius 1 is 1.04 bits per heavy atom. The minimum Gasteiger partial charge on any atom is -0.480 e. The lowest BCUT2D eigenvalue weighted by Gasteiger charge is -2.06. The molecule has 134 valence electrons. The highest BCUT2D eigenvalue weighted by atomic mass is 35.5. The van der Waals surface area contributed by atoms with Crippen LogP contribution in [0.15, 0.2) is 36.7 Å². The van der Waals surface area contributed by atoms with Crippen molar-refractivity contribution in [3.05, 3.63) is 47.8 Å². The minimum atomic E-state index is -1.00. The molecule has 0 saturated carbocycles. The first-order chi connectivity index (χ1) is 12.1. The normalized spacial score (nSPS) is 12.1. The Balaban J connectivity index is 1.90. The molecule has 25 heavy (non-hydrogen) atoms. The van der Waals surface area contributed by atoms with Crippen LogP contribution in [0, 0.1) is 0 Å². The Hall–Kier alpha value is -1.94. The van der Waals surface area contributed by atoms with Gasteiger partial charge in [0.25, 0.3) is 0 Å². The molecule has 0 fully saturated rings. The Morgan fingerprint density at radius 2 is 1.68 bits per heavy atom. The average Bonchev–Trinajstić information content (AvgIpc) is 2.63. The van der Waals surface area contributed by atoms with Crippen molar-refractivity contribution in [2.45, 2.75) is 57.2 Å². The third-order valence-corrected chi connectivity index (χ3v) is 4.51. The van der Waals surface area contributed by atoms with Crippen LogP contribution in [0.25, 0.3) is 11.4 Å². The number of hydrogen-bond acceptors (Lipinski definition) is 3. The molecule has 0 bridgehead atoms. The molecule has 0 amide bonds. The van der Waals surface area contributed by atoms with Gasteiger partial charge in [-0.2, -0.15) is 0 Å². The Labute approximate surface area is 154 Å². The summed E-state index contributed by atoms with van der Waals surface area (Å²) in [4.78, 5) is 19.7. The Morgan fingerprint density at radius 3 is 2.28 bits per heavy atom. The predicted molar refractivity (Wildman–Crippen MR) is 101 cm³/mol. The zero-order valence-electron chi connectivity index (χ0n) is 14.6. The molecule has 0 spiro atoms. The molecule has 4 nitrogen and oxygen atoms in total. The van der Waals surface area contributed by atoms with Crippen molar-refractivity contribution in [3.8, 4) is 11.4 Å². The second-order valence-corrected chi connectivity index (χ2v) is 6.81. The minimum absolute atomic E-state index is 0.301. The number of aryl methyl sites for hydroxylation is 1. The summed E-state index contributed by atoms with van der Waals surface area (Å²) >= 11 is 5.77. The number of alkyl halides is 1. The second kappa shape index (κ2) is 10.1. The van der Waals surface area contributed by atoms with Crippen molar-refractivity contribution >= 4 is 17.6 Å². The van der Waals surface area contributed by atoms with Gasteiger partial charge in [0.15, 0.2) is 5.82 Å². The molecule has 2 rings (SSSR count). The van der Waals surface area contributed by atoms with Crippen molar-refractivity contribution < 1.29 is 9.90 Å². The number of hydrogen-bond donors (Lipinski definition) is 1. The number of aromatic nitrogens is 2. The van der Waals surface area contributed by atoms with E-state index in [-0.39, 0.29) is 0 Å². The van der Waals surface area contributed by atoms with Crippen molar-refractivity contribution in [2.75, 3.05) is 0 Å². The summed E-state index contributed by atoms with van der Waals surface area (Å²) in [6.45, 7) is 2.22. The first kappa shape index (κ1) is 19.4. The number of carbonyl (C=O) groups is 1. The lowest BCUT2D eigenvalue weighted by atomic mass is 10.1. The zero-order valence-corrected chi connectivity index (χ0v) is 15.4. The number of halogens is 1. The molecule has 0 radical (unpaired) electrons. The Bertz CT molecular complexity index is 656. The summed E-state index contributed by atoms with van der Waals surface area (Å²) in [5.74, 6) is -0.318. The van der Waals surface area contributed by atoms with E-state index in [1.165, 1.54) is 37.7 Å². The van der Waals surface area contributed by atoms with E-state index in [1.807, 2.05) is 36.7 Å². The van der Waals surface area contributed by atoms with Gasteiger partial charge in [-0.1, -0.05) is 56.9 Å². The maximum absolute atomic E-state index is 10.8. The van der Waals surface area contributed by atoms with E-state index < -0.39 is 11.3 Å². The van der Waals surface area contributed by atoms with E-state index in [0.717, 1.165) is 17.5 Å². The highest BCUT2D eigenvalue weighted by molar-refractivity contribution is 6.29. The summed E-state index contributed by atoms with van der Waals surface area (Å²) < 4.78 is 0. The average molecular weight is 361 g/mol. The van der Waals surface area contributed by atoms with Gasteiger partial charge in [-0.3, -0.25) is 4.79 Å². The lowest BCUT2D eigenvalue weighted by Crippen LogP contribution is -2.15. The number of benzene rings is 1. The molecule has 2 aromatic rings. The predicted octanol–water partition coefficient (Wildman–Crippen LogP) is 4.89. The van der Waals surface area contributed by atoms with Crippen LogP contribution in [0.5, 0.6) is 0 Å². The van der Waals surface area contributed by atoms with Gasteiger partial charge in [-0.05, 0) is 30.4 Å². The Kier molecular flexibility index (Phi) is 7.86. The molecule has 1 atom stereocenters. The summed E-state index contributed by atoms with van der Waals surface area (Å²) in [6, 6.07) is 7.55. The van der Waals surface area contributed by atoms with Gasteiger partial charge >= 0.3 is 5.97 Å². The standard InChI is InChI=1S/C20H25ClN2O2/c1-2-3-4-5-6-7-16-13-22-19(23-14-16)17-10-8-15(9-11-17)12-18(21)20(24)25/h8-11,13-14,18H,2-7,12H2,1H3,(H,24,25)/t18-/m1/s1. The highest BCUT2D eigenvalue weighted by Gasteiger charge is 2.14. The molecule has 0 aliphatic rings. The van der Waals surface area contributed by atoms with Crippen LogP contribution in [-0.2, 0) is 17.6 Å². The van der Waals surface area contributed by atoms with Gasteiger partial charge in [0.2, 0.25) is 0 Å². The fraction of sp³-hybridized carbons (Fsp3) is 0.450. The summed E-state index contributed by atoms with van der Waals surface area (Å²) in [7, 11) is 0. The molecule has 5 heteroatoms. The summed E-state index contributed by atoms with van der Waals surface area (Å²) in [6.07, 6.45) is 11.4. The van der Waals surface area contributed by atoms with Crippen molar-refractivity contribution in [2.24, 2.45) is 0 Å². The monoisotopic (exact) mass is 360 g/mol. The first-order valence-corrected chi connectivity index (χ1v) is 9.31. The van der Waals surface area contributed by atoms with Gasteiger partial charge in [0.05, 0.1) is 0 Å². The smallest absolute Gasteiger partial charge is 0.321 e. The van der Waals surface area contributed by atoms with E-state index in [0.29, 0.717) is 12.2 Å². The second-order valence-electron chi connectivity index (χ2n) is 6.29. The number of unbranched alkanes of at least 4 members (excludes halogenated alkanes) is 4. The zero-order chi connectivity index (χ0) is 18.1. The maximum Gasteiger partial charge on any atom is 0.321 e. The summed E-state index contributed by atoms with van der Waals surface area (Å²) in [5, 5.41) is 7.95. The van der Waals surface area contributed by atoms with Crippen LogP contribution < -0.4 is 0 Å². The van der Waals surface area contributed by atoms with Crippen LogP contribution >= 0.6 is 11.6 Å². The highest BCUT2D eigenvalue weighted by Crippen LogP contribution is 2.18. The van der Waals surface area contributed by atoms with Crippen LogP contribution in [0.2, 0.25) is 0 Å². The van der Waals surface area contributed by atoms with Gasteiger partial charge in [0.1, 0.15) is 5.38 Å². The van der Waals surface area contributed by atoms with Crippen LogP contribution in [0.1, 0.15) is 50.2 Å². The van der Waals surface area contributed by atoms with E-state index >= 15 is 0 Å². The van der Waals surface area contributed by atoms with E-state index in [1.54, 1.807) is 0 Å². The van der Waals surface area contributed by atoms with Crippen molar-refractivity contribution in [1.29, 1.82) is 0 Å². The number of carboxylic acid groups (broad SMARTS) is 1. The van der Waals surface area contributed by atoms with Crippen molar-refractivity contribution in [1.82, 2.24) is 9.97 Å². The molecular weight excluding hydrogens is 336 g/mol. The maximum atomic E-state index is 10.8. The van der Waals surface area contributed by atoms with E-state index in [9.17, 15) is 4.79 Å². The molecule has 1 aromatic heterocycles. The molecule has 0 aliphatic carbocycles. The molecule has 0 aliphatic heterocycles. The SMILES string of the molecule is CCCCCCCc1cnc(-c2ccc(C[C@@H](Cl)C(=O)O)cc2)nc1.